The lowest BCUT2D eigenvalue weighted by Crippen LogP contribution is -2.44. The van der Waals surface area contributed by atoms with E-state index in [9.17, 15) is 14.0 Å². The zero-order valence-electron chi connectivity index (χ0n) is 15.6. The lowest BCUT2D eigenvalue weighted by atomic mass is 9.69. The average molecular weight is 348 g/mol. The molecule has 1 aromatic carbocycles. The predicted octanol–water partition coefficient (Wildman–Crippen LogP) is 4.18. The molecule has 0 spiro atoms. The van der Waals surface area contributed by atoms with Gasteiger partial charge in [-0.3, -0.25) is 9.59 Å². The van der Waals surface area contributed by atoms with Gasteiger partial charge in [-0.05, 0) is 61.6 Å². The molecule has 138 valence electrons. The van der Waals surface area contributed by atoms with Gasteiger partial charge in [-0.25, -0.2) is 4.39 Å². The van der Waals surface area contributed by atoms with Gasteiger partial charge in [0, 0.05) is 11.7 Å². The summed E-state index contributed by atoms with van der Waals surface area (Å²) in [5, 5.41) is 5.31. The number of nitrogens with one attached hydrogen (secondary N) is 2. The lowest BCUT2D eigenvalue weighted by Gasteiger charge is -2.39. The van der Waals surface area contributed by atoms with E-state index in [-0.39, 0.29) is 6.04 Å². The van der Waals surface area contributed by atoms with Crippen molar-refractivity contribution in [3.05, 3.63) is 29.6 Å². The highest BCUT2D eigenvalue weighted by Crippen LogP contribution is 2.40. The summed E-state index contributed by atoms with van der Waals surface area (Å²) in [6, 6.07) is 4.15. The number of halogens is 1. The summed E-state index contributed by atoms with van der Waals surface area (Å²) < 4.78 is 13.3. The summed E-state index contributed by atoms with van der Waals surface area (Å²) in [7, 11) is 0. The van der Waals surface area contributed by atoms with Crippen LogP contribution in [-0.2, 0) is 9.59 Å². The molecule has 0 saturated heterocycles. The minimum Gasteiger partial charge on any atom is -0.345 e. The van der Waals surface area contributed by atoms with Crippen molar-refractivity contribution in [2.45, 2.75) is 65.8 Å². The molecule has 5 heteroatoms. The molecule has 1 aromatic rings. The summed E-state index contributed by atoms with van der Waals surface area (Å²) >= 11 is 0. The van der Waals surface area contributed by atoms with Crippen LogP contribution in [0.1, 0.15) is 58.4 Å². The molecule has 25 heavy (non-hydrogen) atoms. The first-order valence-corrected chi connectivity index (χ1v) is 9.11. The first kappa shape index (κ1) is 19.4. The van der Waals surface area contributed by atoms with Gasteiger partial charge >= 0.3 is 11.8 Å². The number of carbonyl (C=O) groups excluding carboxylic acids is 2. The van der Waals surface area contributed by atoms with E-state index >= 15 is 0 Å². The van der Waals surface area contributed by atoms with E-state index in [1.54, 1.807) is 13.0 Å². The Kier molecular flexibility index (Phi) is 6.20. The molecule has 2 amide bonds. The number of aryl methyl sites for hydroxylation is 1. The van der Waals surface area contributed by atoms with Gasteiger partial charge in [0.05, 0.1) is 0 Å². The maximum absolute atomic E-state index is 13.3. The highest BCUT2D eigenvalue weighted by atomic mass is 19.1. The van der Waals surface area contributed by atoms with Gasteiger partial charge in [-0.1, -0.05) is 33.3 Å². The SMILES string of the molecule is CCC(C)(C)C1CCC(NC(=O)C(=O)Nc2cc(F)ccc2C)CC1. The molecule has 1 saturated carbocycles. The molecule has 0 radical (unpaired) electrons. The van der Waals surface area contributed by atoms with Gasteiger partial charge in [0.15, 0.2) is 0 Å². The normalized spacial score (nSPS) is 20.8. The number of carbonyl (C=O) groups is 2. The van der Waals surface area contributed by atoms with E-state index in [0.717, 1.165) is 32.1 Å². The second kappa shape index (κ2) is 7.98. The van der Waals surface area contributed by atoms with Crippen LogP contribution in [0.5, 0.6) is 0 Å². The first-order chi connectivity index (χ1) is 11.7. The van der Waals surface area contributed by atoms with Crippen molar-refractivity contribution in [3.63, 3.8) is 0 Å². The first-order valence-electron chi connectivity index (χ1n) is 9.11. The standard InChI is InChI=1S/C20H29FN2O2/c1-5-20(3,4)14-7-10-16(11-8-14)22-18(24)19(25)23-17-12-15(21)9-6-13(17)2/h6,9,12,14,16H,5,7-8,10-11H2,1-4H3,(H,22,24)(H,23,25). The van der Waals surface area contributed by atoms with Crippen molar-refractivity contribution in [2.24, 2.45) is 11.3 Å². The molecule has 0 heterocycles. The zero-order chi connectivity index (χ0) is 18.6. The summed E-state index contributed by atoms with van der Waals surface area (Å²) in [6.45, 7) is 8.56. The molecule has 0 unspecified atom stereocenters. The molecule has 0 aliphatic heterocycles. The molecule has 0 bridgehead atoms. The topological polar surface area (TPSA) is 58.2 Å². The van der Waals surface area contributed by atoms with E-state index in [1.807, 2.05) is 0 Å². The second-order valence-corrected chi connectivity index (χ2v) is 7.78. The van der Waals surface area contributed by atoms with Crippen LogP contribution in [0, 0.1) is 24.1 Å². The minimum atomic E-state index is -0.746. The third-order valence-electron chi connectivity index (χ3n) is 5.73. The summed E-state index contributed by atoms with van der Waals surface area (Å²) in [6.07, 6.45) is 5.06. The number of amides is 2. The van der Waals surface area contributed by atoms with Gasteiger partial charge in [-0.2, -0.15) is 0 Å². The Bertz CT molecular complexity index is 635. The fourth-order valence-electron chi connectivity index (χ4n) is 3.47. The molecular weight excluding hydrogens is 319 g/mol. The predicted molar refractivity (Wildman–Crippen MR) is 97.7 cm³/mol. The smallest absolute Gasteiger partial charge is 0.313 e. The molecule has 1 aliphatic rings. The Morgan fingerprint density at radius 1 is 1.16 bits per heavy atom. The van der Waals surface area contributed by atoms with Crippen LogP contribution in [0.2, 0.25) is 0 Å². The van der Waals surface area contributed by atoms with Crippen LogP contribution in [0.3, 0.4) is 0 Å². The van der Waals surface area contributed by atoms with Gasteiger partial charge < -0.3 is 10.6 Å². The lowest BCUT2D eigenvalue weighted by molar-refractivity contribution is -0.136. The monoisotopic (exact) mass is 348 g/mol. The molecule has 1 aliphatic carbocycles. The average Bonchev–Trinajstić information content (AvgIpc) is 2.58. The van der Waals surface area contributed by atoms with Crippen molar-refractivity contribution in [1.29, 1.82) is 0 Å². The number of benzene rings is 1. The fraction of sp³-hybridized carbons (Fsp3) is 0.600. The van der Waals surface area contributed by atoms with E-state index in [0.29, 0.717) is 22.6 Å². The molecular formula is C20H29FN2O2. The van der Waals surface area contributed by atoms with Crippen molar-refractivity contribution in [3.8, 4) is 0 Å². The van der Waals surface area contributed by atoms with Crippen LogP contribution < -0.4 is 10.6 Å². The largest absolute Gasteiger partial charge is 0.345 e. The summed E-state index contributed by atoms with van der Waals surface area (Å²) in [5.74, 6) is -1.18. The second-order valence-electron chi connectivity index (χ2n) is 7.78. The highest BCUT2D eigenvalue weighted by molar-refractivity contribution is 6.39. The Morgan fingerprint density at radius 2 is 1.80 bits per heavy atom. The number of anilines is 1. The molecule has 1 fully saturated rings. The molecule has 0 atom stereocenters. The molecule has 2 N–H and O–H groups in total. The fourth-order valence-corrected chi connectivity index (χ4v) is 3.47. The third-order valence-corrected chi connectivity index (χ3v) is 5.73. The minimum absolute atomic E-state index is 0.0377. The Hall–Kier alpha value is -1.91. The Balaban J connectivity index is 1.86. The summed E-state index contributed by atoms with van der Waals surface area (Å²) in [4.78, 5) is 24.2. The van der Waals surface area contributed by atoms with E-state index < -0.39 is 17.6 Å². The van der Waals surface area contributed by atoms with Crippen LogP contribution >= 0.6 is 0 Å². The number of hydrogen-bond donors (Lipinski definition) is 2. The van der Waals surface area contributed by atoms with E-state index in [1.165, 1.54) is 12.1 Å². The van der Waals surface area contributed by atoms with E-state index in [2.05, 4.69) is 31.4 Å². The summed E-state index contributed by atoms with van der Waals surface area (Å²) in [5.41, 5.74) is 1.36. The molecule has 0 aromatic heterocycles. The van der Waals surface area contributed by atoms with Crippen LogP contribution in [0.25, 0.3) is 0 Å². The van der Waals surface area contributed by atoms with E-state index in [4.69, 9.17) is 0 Å². The Morgan fingerprint density at radius 3 is 2.40 bits per heavy atom. The van der Waals surface area contributed by atoms with Gasteiger partial charge in [-0.15, -0.1) is 0 Å². The maximum Gasteiger partial charge on any atom is 0.313 e. The van der Waals surface area contributed by atoms with Crippen molar-refractivity contribution < 1.29 is 14.0 Å². The quantitative estimate of drug-likeness (QED) is 0.802. The Labute approximate surface area is 149 Å². The van der Waals surface area contributed by atoms with Crippen molar-refractivity contribution >= 4 is 17.5 Å². The van der Waals surface area contributed by atoms with Crippen molar-refractivity contribution in [1.82, 2.24) is 5.32 Å². The number of hydrogen-bond acceptors (Lipinski definition) is 2. The van der Waals surface area contributed by atoms with Crippen LogP contribution in [0.4, 0.5) is 10.1 Å². The van der Waals surface area contributed by atoms with Gasteiger partial charge in [0.2, 0.25) is 0 Å². The third kappa shape index (κ3) is 5.03. The molecule has 4 nitrogen and oxygen atoms in total. The number of rotatable bonds is 4. The van der Waals surface area contributed by atoms with Crippen LogP contribution in [-0.4, -0.2) is 17.9 Å². The highest BCUT2D eigenvalue weighted by Gasteiger charge is 2.32. The van der Waals surface area contributed by atoms with Gasteiger partial charge in [0.25, 0.3) is 0 Å². The van der Waals surface area contributed by atoms with Gasteiger partial charge in [0.1, 0.15) is 5.82 Å². The molecule has 2 rings (SSSR count). The van der Waals surface area contributed by atoms with Crippen LogP contribution in [0.15, 0.2) is 18.2 Å². The van der Waals surface area contributed by atoms with Crippen molar-refractivity contribution in [2.75, 3.05) is 5.32 Å². The maximum atomic E-state index is 13.3. The zero-order valence-corrected chi connectivity index (χ0v) is 15.6.